The number of benzene rings is 12. The topological polar surface area (TPSA) is 21.3 Å². The van der Waals surface area contributed by atoms with Crippen LogP contribution in [0.25, 0.3) is 104 Å². The van der Waals surface area contributed by atoms with Gasteiger partial charge in [-0.25, -0.2) is 0 Å². The fraction of sp³-hybridized carbons (Fsp3) is 0.0149. The predicted molar refractivity (Wildman–Crippen MR) is 292 cm³/mol. The SMILES string of the molecule is c1ccc2c(c1)-c1ccccc1C21c2ccccc2-c2c(N(c3ccc4c5ccccc5n(-c5ccc6oc7ccccc7c6c5)c4c3)c3cccc4c3ccc3c5ccccc5ccc43)cccc21. The Hall–Kier alpha value is -9.18. The zero-order valence-corrected chi connectivity index (χ0v) is 37.9. The lowest BCUT2D eigenvalue weighted by molar-refractivity contribution is 0.669. The molecular formula is C67H40N2O. The van der Waals surface area contributed by atoms with Crippen LogP contribution in [0.1, 0.15) is 22.3 Å². The Morgan fingerprint density at radius 3 is 1.73 bits per heavy atom. The van der Waals surface area contributed by atoms with Crippen molar-refractivity contribution in [2.75, 3.05) is 4.90 Å². The Bertz CT molecular complexity index is 4520. The molecule has 3 heteroatoms. The van der Waals surface area contributed by atoms with Gasteiger partial charge in [0.25, 0.3) is 0 Å². The van der Waals surface area contributed by atoms with Crippen LogP contribution < -0.4 is 4.90 Å². The van der Waals surface area contributed by atoms with Gasteiger partial charge in [-0.3, -0.25) is 0 Å². The number of para-hydroxylation sites is 2. The van der Waals surface area contributed by atoms with E-state index in [1.54, 1.807) is 0 Å². The van der Waals surface area contributed by atoms with Crippen molar-refractivity contribution in [2.24, 2.45) is 0 Å². The summed E-state index contributed by atoms with van der Waals surface area (Å²) >= 11 is 0. The quantitative estimate of drug-likeness (QED) is 0.164. The minimum atomic E-state index is -0.483. The molecule has 70 heavy (non-hydrogen) atoms. The average Bonchev–Trinajstić information content (AvgIpc) is 4.15. The first-order chi connectivity index (χ1) is 34.7. The number of furan rings is 1. The van der Waals surface area contributed by atoms with Crippen LogP contribution in [0.4, 0.5) is 17.1 Å². The summed E-state index contributed by atoms with van der Waals surface area (Å²) in [6.45, 7) is 0. The summed E-state index contributed by atoms with van der Waals surface area (Å²) < 4.78 is 8.80. The molecule has 0 unspecified atom stereocenters. The molecule has 16 rings (SSSR count). The van der Waals surface area contributed by atoms with Gasteiger partial charge in [0.1, 0.15) is 11.2 Å². The van der Waals surface area contributed by atoms with Gasteiger partial charge in [0.15, 0.2) is 0 Å². The molecule has 3 nitrogen and oxygen atoms in total. The summed E-state index contributed by atoms with van der Waals surface area (Å²) in [5.74, 6) is 0. The van der Waals surface area contributed by atoms with Crippen LogP contribution in [0, 0.1) is 0 Å². The lowest BCUT2D eigenvalue weighted by Gasteiger charge is -2.32. The Morgan fingerprint density at radius 1 is 0.329 bits per heavy atom. The third-order valence-corrected chi connectivity index (χ3v) is 15.8. The Kier molecular flexibility index (Phi) is 7.54. The van der Waals surface area contributed by atoms with Crippen LogP contribution in [0.3, 0.4) is 0 Å². The summed E-state index contributed by atoms with van der Waals surface area (Å²) in [5, 5.41) is 12.1. The zero-order chi connectivity index (χ0) is 45.7. The van der Waals surface area contributed by atoms with Gasteiger partial charge in [-0.05, 0) is 120 Å². The standard InChI is InChI=1S/C67H40N2O/c1-2-16-44-41(15-1)31-34-47-45-22-13-28-61(51(45)37-36-46(44)47)68(62-29-14-26-59-66(62)54-21-5-10-25-58(54)67(59)56-23-8-3-17-48(56)49-18-4-9-24-57(49)67)43-32-35-52-50-19-6-11-27-60(50)69(63(52)40-43)42-33-38-65-55(39-42)53-20-7-12-30-64(53)70-65/h1-40H. The maximum atomic E-state index is 6.35. The molecule has 2 aromatic heterocycles. The minimum absolute atomic E-state index is 0.483. The second-order valence-electron chi connectivity index (χ2n) is 19.1. The summed E-state index contributed by atoms with van der Waals surface area (Å²) in [6.07, 6.45) is 0. The number of hydrogen-bond donors (Lipinski definition) is 0. The first-order valence-corrected chi connectivity index (χ1v) is 24.2. The van der Waals surface area contributed by atoms with E-state index in [4.69, 9.17) is 4.42 Å². The fourth-order valence-electron chi connectivity index (χ4n) is 13.0. The van der Waals surface area contributed by atoms with E-state index in [0.29, 0.717) is 0 Å². The highest BCUT2D eigenvalue weighted by Crippen LogP contribution is 2.65. The molecule has 0 amide bonds. The molecule has 2 heterocycles. The van der Waals surface area contributed by atoms with E-state index in [1.165, 1.54) is 87.6 Å². The average molecular weight is 889 g/mol. The second kappa shape index (κ2) is 13.9. The molecule has 14 aromatic rings. The van der Waals surface area contributed by atoms with Gasteiger partial charge in [0.2, 0.25) is 0 Å². The van der Waals surface area contributed by atoms with Crippen LogP contribution in [0.2, 0.25) is 0 Å². The highest BCUT2D eigenvalue weighted by Gasteiger charge is 2.52. The van der Waals surface area contributed by atoms with Crippen molar-refractivity contribution in [2.45, 2.75) is 5.41 Å². The summed E-state index contributed by atoms with van der Waals surface area (Å²) in [5.41, 5.74) is 18.5. The van der Waals surface area contributed by atoms with E-state index in [0.717, 1.165) is 55.7 Å². The molecule has 0 fully saturated rings. The fourth-order valence-corrected chi connectivity index (χ4v) is 13.0. The lowest BCUT2D eigenvalue weighted by Crippen LogP contribution is -2.26. The van der Waals surface area contributed by atoms with E-state index in [9.17, 15) is 0 Å². The van der Waals surface area contributed by atoms with Crippen molar-refractivity contribution in [3.8, 4) is 27.9 Å². The number of anilines is 3. The number of nitrogens with zero attached hydrogens (tertiary/aromatic N) is 2. The molecule has 0 saturated heterocycles. The van der Waals surface area contributed by atoms with Gasteiger partial charge in [-0.2, -0.15) is 0 Å². The van der Waals surface area contributed by atoms with E-state index in [-0.39, 0.29) is 0 Å². The molecule has 2 aliphatic rings. The van der Waals surface area contributed by atoms with Gasteiger partial charge >= 0.3 is 0 Å². The molecular weight excluding hydrogens is 849 g/mol. The van der Waals surface area contributed by atoms with Gasteiger partial charge in [-0.15, -0.1) is 0 Å². The maximum Gasteiger partial charge on any atom is 0.135 e. The monoisotopic (exact) mass is 888 g/mol. The number of aromatic nitrogens is 1. The normalized spacial score (nSPS) is 13.3. The number of rotatable bonds is 4. The number of fused-ring (bicyclic) bond motifs is 21. The van der Waals surface area contributed by atoms with Crippen molar-refractivity contribution in [3.05, 3.63) is 265 Å². The first-order valence-electron chi connectivity index (χ1n) is 24.2. The van der Waals surface area contributed by atoms with Crippen molar-refractivity contribution in [1.29, 1.82) is 0 Å². The molecule has 0 aliphatic heterocycles. The van der Waals surface area contributed by atoms with E-state index >= 15 is 0 Å². The molecule has 1 spiro atoms. The third-order valence-electron chi connectivity index (χ3n) is 15.8. The Balaban J connectivity index is 1.01. The molecule has 12 aromatic carbocycles. The van der Waals surface area contributed by atoms with E-state index < -0.39 is 5.41 Å². The molecule has 0 saturated carbocycles. The zero-order valence-electron chi connectivity index (χ0n) is 37.9. The van der Waals surface area contributed by atoms with Gasteiger partial charge in [0, 0.05) is 43.9 Å². The van der Waals surface area contributed by atoms with Crippen molar-refractivity contribution in [3.63, 3.8) is 0 Å². The van der Waals surface area contributed by atoms with Crippen LogP contribution in [0.5, 0.6) is 0 Å². The maximum absolute atomic E-state index is 6.35. The molecule has 324 valence electrons. The molecule has 0 radical (unpaired) electrons. The highest BCUT2D eigenvalue weighted by molar-refractivity contribution is 6.20. The van der Waals surface area contributed by atoms with E-state index in [1.807, 2.05) is 6.07 Å². The molecule has 2 aliphatic carbocycles. The van der Waals surface area contributed by atoms with Crippen LogP contribution in [0.15, 0.2) is 247 Å². The molecule has 0 bridgehead atoms. The Labute approximate surface area is 403 Å². The van der Waals surface area contributed by atoms with Crippen LogP contribution in [-0.2, 0) is 5.41 Å². The van der Waals surface area contributed by atoms with Crippen molar-refractivity contribution >= 4 is 93.1 Å². The first kappa shape index (κ1) is 37.9. The van der Waals surface area contributed by atoms with Crippen molar-refractivity contribution < 1.29 is 4.42 Å². The summed E-state index contributed by atoms with van der Waals surface area (Å²) in [7, 11) is 0. The predicted octanol–water partition coefficient (Wildman–Crippen LogP) is 18.0. The van der Waals surface area contributed by atoms with Crippen molar-refractivity contribution in [1.82, 2.24) is 4.57 Å². The summed E-state index contributed by atoms with van der Waals surface area (Å²) in [4.78, 5) is 2.56. The number of hydrogen-bond acceptors (Lipinski definition) is 2. The van der Waals surface area contributed by atoms with Crippen LogP contribution >= 0.6 is 0 Å². The van der Waals surface area contributed by atoms with Crippen LogP contribution in [-0.4, -0.2) is 4.57 Å². The smallest absolute Gasteiger partial charge is 0.135 e. The highest BCUT2D eigenvalue weighted by atomic mass is 16.3. The van der Waals surface area contributed by atoms with Gasteiger partial charge in [-0.1, -0.05) is 188 Å². The lowest BCUT2D eigenvalue weighted by atomic mass is 9.70. The third kappa shape index (κ3) is 4.88. The van der Waals surface area contributed by atoms with E-state index in [2.05, 4.69) is 246 Å². The second-order valence-corrected chi connectivity index (χ2v) is 19.1. The minimum Gasteiger partial charge on any atom is -0.456 e. The van der Waals surface area contributed by atoms with Gasteiger partial charge < -0.3 is 13.9 Å². The van der Waals surface area contributed by atoms with Gasteiger partial charge in [0.05, 0.1) is 27.8 Å². The largest absolute Gasteiger partial charge is 0.456 e. The Morgan fingerprint density at radius 2 is 0.886 bits per heavy atom. The summed E-state index contributed by atoms with van der Waals surface area (Å²) in [6, 6.07) is 90.2. The molecule has 0 N–H and O–H groups in total. The molecule has 0 atom stereocenters.